The van der Waals surface area contributed by atoms with Gasteiger partial charge in [0.25, 0.3) is 0 Å². The Labute approximate surface area is 110 Å². The largest absolute Gasteiger partial charge is 0.444 e. The molecule has 0 saturated heterocycles. The van der Waals surface area contributed by atoms with E-state index in [1.807, 2.05) is 27.7 Å². The lowest BCUT2D eigenvalue weighted by Crippen LogP contribution is -2.49. The van der Waals surface area contributed by atoms with Gasteiger partial charge in [-0.3, -0.25) is 4.79 Å². The third-order valence-electron chi connectivity index (χ3n) is 3.48. The van der Waals surface area contributed by atoms with Crippen molar-refractivity contribution in [2.24, 2.45) is 0 Å². The van der Waals surface area contributed by atoms with Crippen LogP contribution >= 0.6 is 0 Å². The van der Waals surface area contributed by atoms with Gasteiger partial charge >= 0.3 is 6.09 Å². The van der Waals surface area contributed by atoms with Crippen LogP contribution in [0, 0.1) is 0 Å². The Morgan fingerprint density at radius 2 is 1.94 bits per heavy atom. The van der Waals surface area contributed by atoms with Crippen molar-refractivity contribution < 1.29 is 14.3 Å². The van der Waals surface area contributed by atoms with Crippen molar-refractivity contribution in [2.45, 2.75) is 70.9 Å². The minimum absolute atomic E-state index is 0.241. The summed E-state index contributed by atoms with van der Waals surface area (Å²) in [5.41, 5.74) is -0.910. The second-order valence-corrected chi connectivity index (χ2v) is 6.46. The molecule has 1 rings (SSSR count). The molecule has 1 amide bonds. The normalized spacial score (nSPS) is 25.5. The number of carbonyl (C=O) groups excluding carboxylic acids is 2. The molecule has 1 saturated carbocycles. The van der Waals surface area contributed by atoms with Crippen LogP contribution in [0.1, 0.15) is 59.8 Å². The topological polar surface area (TPSA) is 46.6 Å². The van der Waals surface area contributed by atoms with Crippen LogP contribution in [-0.4, -0.2) is 35.0 Å². The lowest BCUT2D eigenvalue weighted by Gasteiger charge is -2.38. The lowest BCUT2D eigenvalue weighted by molar-refractivity contribution is -0.120. The summed E-state index contributed by atoms with van der Waals surface area (Å²) in [5.74, 6) is 0.241. The number of ketones is 1. The van der Waals surface area contributed by atoms with Gasteiger partial charge in [0.1, 0.15) is 11.4 Å². The third kappa shape index (κ3) is 4.00. The minimum Gasteiger partial charge on any atom is -0.444 e. The van der Waals surface area contributed by atoms with E-state index in [1.165, 1.54) is 0 Å². The van der Waals surface area contributed by atoms with Gasteiger partial charge in [0, 0.05) is 25.4 Å². The molecule has 4 nitrogen and oxygen atoms in total. The summed E-state index contributed by atoms with van der Waals surface area (Å²) in [6.07, 6.45) is 3.49. The molecule has 1 unspecified atom stereocenters. The number of hydrogen-bond acceptors (Lipinski definition) is 3. The summed E-state index contributed by atoms with van der Waals surface area (Å²) in [4.78, 5) is 25.4. The monoisotopic (exact) mass is 255 g/mol. The summed E-state index contributed by atoms with van der Waals surface area (Å²) in [7, 11) is 1.73. The van der Waals surface area contributed by atoms with Gasteiger partial charge in [0.15, 0.2) is 0 Å². The van der Waals surface area contributed by atoms with Crippen LogP contribution in [-0.2, 0) is 9.53 Å². The zero-order valence-corrected chi connectivity index (χ0v) is 12.2. The first-order chi connectivity index (χ1) is 8.14. The van der Waals surface area contributed by atoms with Gasteiger partial charge in [-0.15, -0.1) is 0 Å². The van der Waals surface area contributed by atoms with Gasteiger partial charge in [-0.05, 0) is 40.5 Å². The van der Waals surface area contributed by atoms with Crippen molar-refractivity contribution in [1.29, 1.82) is 0 Å². The van der Waals surface area contributed by atoms with Gasteiger partial charge in [0.2, 0.25) is 0 Å². The highest BCUT2D eigenvalue weighted by Crippen LogP contribution is 2.30. The van der Waals surface area contributed by atoms with Crippen LogP contribution in [0.15, 0.2) is 0 Å². The zero-order chi connectivity index (χ0) is 14.0. The molecule has 1 fully saturated rings. The average molecular weight is 255 g/mol. The van der Waals surface area contributed by atoms with Gasteiger partial charge < -0.3 is 9.64 Å². The van der Waals surface area contributed by atoms with E-state index in [1.54, 1.807) is 11.9 Å². The molecule has 0 N–H and O–H groups in total. The maximum atomic E-state index is 12.1. The second-order valence-electron chi connectivity index (χ2n) is 6.46. The molecule has 104 valence electrons. The van der Waals surface area contributed by atoms with E-state index in [0.717, 1.165) is 19.3 Å². The SMILES string of the molecule is CN(C(=O)OC(C)(C)C)C1(C)CCCCC(=O)C1. The molecule has 0 aromatic rings. The molecule has 0 aromatic heterocycles. The highest BCUT2D eigenvalue weighted by Gasteiger charge is 2.37. The van der Waals surface area contributed by atoms with Crippen molar-refractivity contribution in [3.63, 3.8) is 0 Å². The summed E-state index contributed by atoms with van der Waals surface area (Å²) < 4.78 is 5.37. The first kappa shape index (κ1) is 15.0. The first-order valence-corrected chi connectivity index (χ1v) is 6.63. The Kier molecular flexibility index (Phi) is 4.41. The Balaban J connectivity index is 2.76. The summed E-state index contributed by atoms with van der Waals surface area (Å²) >= 11 is 0. The minimum atomic E-state index is -0.504. The number of carbonyl (C=O) groups is 2. The van der Waals surface area contributed by atoms with Crippen molar-refractivity contribution in [3.05, 3.63) is 0 Å². The van der Waals surface area contributed by atoms with Crippen LogP contribution in [0.2, 0.25) is 0 Å². The summed E-state index contributed by atoms with van der Waals surface area (Å²) in [6.45, 7) is 7.51. The summed E-state index contributed by atoms with van der Waals surface area (Å²) in [5, 5.41) is 0. The molecular formula is C14H25NO3. The molecule has 18 heavy (non-hydrogen) atoms. The third-order valence-corrected chi connectivity index (χ3v) is 3.48. The van der Waals surface area contributed by atoms with E-state index >= 15 is 0 Å². The van der Waals surface area contributed by atoms with E-state index in [0.29, 0.717) is 12.8 Å². The Bertz CT molecular complexity index is 332. The van der Waals surface area contributed by atoms with E-state index in [-0.39, 0.29) is 11.9 Å². The molecule has 0 aromatic carbocycles. The lowest BCUT2D eigenvalue weighted by atomic mass is 9.91. The number of nitrogens with zero attached hydrogens (tertiary/aromatic N) is 1. The fraction of sp³-hybridized carbons (Fsp3) is 0.857. The molecule has 4 heteroatoms. The molecule has 0 heterocycles. The van der Waals surface area contributed by atoms with Crippen LogP contribution < -0.4 is 0 Å². The van der Waals surface area contributed by atoms with Gasteiger partial charge in [-0.2, -0.15) is 0 Å². The zero-order valence-electron chi connectivity index (χ0n) is 12.2. The number of Topliss-reactive ketones (excluding diaryl/α,β-unsaturated/α-hetero) is 1. The first-order valence-electron chi connectivity index (χ1n) is 6.63. The van der Waals surface area contributed by atoms with Crippen molar-refractivity contribution in [2.75, 3.05) is 7.05 Å². The molecule has 0 radical (unpaired) electrons. The highest BCUT2D eigenvalue weighted by molar-refractivity contribution is 5.81. The van der Waals surface area contributed by atoms with Crippen LogP contribution in [0.25, 0.3) is 0 Å². The van der Waals surface area contributed by atoms with E-state index in [4.69, 9.17) is 4.74 Å². The number of amides is 1. The van der Waals surface area contributed by atoms with E-state index < -0.39 is 11.1 Å². The second kappa shape index (κ2) is 5.29. The van der Waals surface area contributed by atoms with Crippen molar-refractivity contribution in [1.82, 2.24) is 4.90 Å². The van der Waals surface area contributed by atoms with Crippen molar-refractivity contribution >= 4 is 11.9 Å². The summed E-state index contributed by atoms with van der Waals surface area (Å²) in [6, 6.07) is 0. The fourth-order valence-corrected chi connectivity index (χ4v) is 2.27. The highest BCUT2D eigenvalue weighted by atomic mass is 16.6. The Morgan fingerprint density at radius 3 is 2.50 bits per heavy atom. The van der Waals surface area contributed by atoms with Crippen LogP contribution in [0.3, 0.4) is 0 Å². The molecule has 0 bridgehead atoms. The predicted octanol–water partition coefficient (Wildman–Crippen LogP) is 3.15. The van der Waals surface area contributed by atoms with Gasteiger partial charge in [-0.1, -0.05) is 6.42 Å². The van der Waals surface area contributed by atoms with E-state index in [2.05, 4.69) is 0 Å². The average Bonchev–Trinajstić information content (AvgIpc) is 2.37. The molecular weight excluding hydrogens is 230 g/mol. The predicted molar refractivity (Wildman–Crippen MR) is 70.5 cm³/mol. The van der Waals surface area contributed by atoms with Crippen LogP contribution in [0.4, 0.5) is 4.79 Å². The van der Waals surface area contributed by atoms with Gasteiger partial charge in [0.05, 0.1) is 0 Å². The van der Waals surface area contributed by atoms with Gasteiger partial charge in [-0.25, -0.2) is 4.79 Å². The molecule has 1 aliphatic carbocycles. The van der Waals surface area contributed by atoms with Crippen molar-refractivity contribution in [3.8, 4) is 0 Å². The number of rotatable bonds is 1. The molecule has 1 atom stereocenters. The van der Waals surface area contributed by atoms with E-state index in [9.17, 15) is 9.59 Å². The number of hydrogen-bond donors (Lipinski definition) is 0. The number of ether oxygens (including phenoxy) is 1. The standard InChI is InChI=1S/C14H25NO3/c1-13(2,3)18-12(17)15(5)14(4)9-7-6-8-11(16)10-14/h6-10H2,1-5H3. The maximum absolute atomic E-state index is 12.1. The smallest absolute Gasteiger partial charge is 0.410 e. The maximum Gasteiger partial charge on any atom is 0.410 e. The fourth-order valence-electron chi connectivity index (χ4n) is 2.27. The van der Waals surface area contributed by atoms with Crippen LogP contribution in [0.5, 0.6) is 0 Å². The molecule has 0 spiro atoms. The molecule has 1 aliphatic rings. The Morgan fingerprint density at radius 1 is 1.33 bits per heavy atom. The Hall–Kier alpha value is -1.06. The quantitative estimate of drug-likeness (QED) is 0.676. The molecule has 0 aliphatic heterocycles.